The lowest BCUT2D eigenvalue weighted by Crippen LogP contribution is -2.09. The highest BCUT2D eigenvalue weighted by atomic mass is 16.6. The average Bonchev–Trinajstić information content (AvgIpc) is 2.33. The lowest BCUT2D eigenvalue weighted by atomic mass is 10.1. The third-order valence-corrected chi connectivity index (χ3v) is 2.44. The fraction of sp³-hybridized carbons (Fsp3) is 0.500. The van der Waals surface area contributed by atoms with Gasteiger partial charge in [0.15, 0.2) is 0 Å². The van der Waals surface area contributed by atoms with Gasteiger partial charge < -0.3 is 15.2 Å². The van der Waals surface area contributed by atoms with Gasteiger partial charge in [-0.15, -0.1) is 0 Å². The maximum absolute atomic E-state index is 10.9. The molecule has 100 valence electrons. The van der Waals surface area contributed by atoms with Crippen LogP contribution < -0.4 is 5.32 Å². The van der Waals surface area contributed by atoms with Gasteiger partial charge >= 0.3 is 0 Å². The summed E-state index contributed by atoms with van der Waals surface area (Å²) >= 11 is 0. The van der Waals surface area contributed by atoms with Crippen molar-refractivity contribution in [1.82, 2.24) is 0 Å². The molecule has 2 N–H and O–H groups in total. The number of hydrogen-bond acceptors (Lipinski definition) is 5. The smallest absolute Gasteiger partial charge is 0.295 e. The number of hydrogen-bond donors (Lipinski definition) is 2. The van der Waals surface area contributed by atoms with E-state index in [0.29, 0.717) is 31.0 Å². The monoisotopic (exact) mass is 254 g/mol. The number of para-hydroxylation sites is 1. The molecule has 0 aliphatic rings. The van der Waals surface area contributed by atoms with Gasteiger partial charge in [0.25, 0.3) is 5.69 Å². The molecule has 0 aromatic heterocycles. The number of benzene rings is 1. The Morgan fingerprint density at radius 1 is 1.44 bits per heavy atom. The first-order valence-corrected chi connectivity index (χ1v) is 5.83. The van der Waals surface area contributed by atoms with Crippen molar-refractivity contribution >= 4 is 11.4 Å². The van der Waals surface area contributed by atoms with Crippen LogP contribution in [0.5, 0.6) is 0 Å². The maximum Gasteiger partial charge on any atom is 0.295 e. The molecular formula is C12H18N2O4. The summed E-state index contributed by atoms with van der Waals surface area (Å²) in [5, 5.41) is 22.5. The van der Waals surface area contributed by atoms with Crippen LogP contribution in [-0.2, 0) is 4.74 Å². The summed E-state index contributed by atoms with van der Waals surface area (Å²) in [4.78, 5) is 10.6. The van der Waals surface area contributed by atoms with E-state index in [9.17, 15) is 10.1 Å². The zero-order valence-corrected chi connectivity index (χ0v) is 10.4. The Hall–Kier alpha value is -1.66. The molecule has 0 aliphatic carbocycles. The molecule has 18 heavy (non-hydrogen) atoms. The normalized spacial score (nSPS) is 10.3. The highest BCUT2D eigenvalue weighted by Gasteiger charge is 2.15. The molecule has 0 fully saturated rings. The molecule has 0 amide bonds. The van der Waals surface area contributed by atoms with Gasteiger partial charge in [0.05, 0.1) is 18.1 Å². The number of anilines is 1. The molecule has 0 aliphatic heterocycles. The van der Waals surface area contributed by atoms with Crippen LogP contribution in [-0.4, -0.2) is 36.4 Å². The summed E-state index contributed by atoms with van der Waals surface area (Å²) in [5.74, 6) is 0. The van der Waals surface area contributed by atoms with E-state index in [1.807, 2.05) is 0 Å². The summed E-state index contributed by atoms with van der Waals surface area (Å²) in [6, 6.07) is 5.19. The van der Waals surface area contributed by atoms with Gasteiger partial charge in [-0.1, -0.05) is 12.1 Å². The van der Waals surface area contributed by atoms with Gasteiger partial charge in [0.1, 0.15) is 5.69 Å². The predicted molar refractivity (Wildman–Crippen MR) is 68.8 cm³/mol. The molecule has 1 rings (SSSR count). The fourth-order valence-corrected chi connectivity index (χ4v) is 1.61. The maximum atomic E-state index is 10.9. The van der Waals surface area contributed by atoms with Crippen molar-refractivity contribution in [2.45, 2.75) is 13.3 Å². The Labute approximate surface area is 106 Å². The van der Waals surface area contributed by atoms with Gasteiger partial charge in [-0.2, -0.15) is 0 Å². The third kappa shape index (κ3) is 4.31. The summed E-state index contributed by atoms with van der Waals surface area (Å²) in [5.41, 5.74) is 1.29. The van der Waals surface area contributed by atoms with Crippen molar-refractivity contribution in [2.24, 2.45) is 0 Å². The minimum atomic E-state index is -0.375. The molecule has 6 heteroatoms. The van der Waals surface area contributed by atoms with E-state index < -0.39 is 0 Å². The minimum Gasteiger partial charge on any atom is -0.394 e. The quantitative estimate of drug-likeness (QED) is 0.419. The first-order valence-electron chi connectivity index (χ1n) is 5.83. The molecule has 6 nitrogen and oxygen atoms in total. The van der Waals surface area contributed by atoms with E-state index in [2.05, 4.69) is 5.32 Å². The van der Waals surface area contributed by atoms with Crippen LogP contribution in [0.2, 0.25) is 0 Å². The van der Waals surface area contributed by atoms with Crippen molar-refractivity contribution in [2.75, 3.05) is 31.7 Å². The number of aliphatic hydroxyl groups is 1. The third-order valence-electron chi connectivity index (χ3n) is 2.44. The Morgan fingerprint density at radius 2 is 2.22 bits per heavy atom. The van der Waals surface area contributed by atoms with E-state index >= 15 is 0 Å². The zero-order valence-electron chi connectivity index (χ0n) is 10.4. The van der Waals surface area contributed by atoms with E-state index in [1.54, 1.807) is 25.1 Å². The number of ether oxygens (including phenoxy) is 1. The zero-order chi connectivity index (χ0) is 13.4. The molecule has 0 bridgehead atoms. The second-order valence-corrected chi connectivity index (χ2v) is 3.84. The fourth-order valence-electron chi connectivity index (χ4n) is 1.61. The molecule has 0 heterocycles. The number of aliphatic hydroxyl groups excluding tert-OH is 1. The van der Waals surface area contributed by atoms with Crippen molar-refractivity contribution in [3.8, 4) is 0 Å². The van der Waals surface area contributed by atoms with E-state index in [4.69, 9.17) is 9.84 Å². The molecule has 0 atom stereocenters. The highest BCUT2D eigenvalue weighted by molar-refractivity contribution is 5.64. The van der Waals surface area contributed by atoms with Crippen LogP contribution in [0.3, 0.4) is 0 Å². The van der Waals surface area contributed by atoms with Gasteiger partial charge in [0, 0.05) is 18.7 Å². The van der Waals surface area contributed by atoms with Crippen LogP contribution in [0.25, 0.3) is 0 Å². The van der Waals surface area contributed by atoms with Crippen molar-refractivity contribution < 1.29 is 14.8 Å². The van der Waals surface area contributed by atoms with Crippen molar-refractivity contribution in [1.29, 1.82) is 0 Å². The number of nitro benzene ring substituents is 1. The second kappa shape index (κ2) is 7.62. The molecule has 0 unspecified atom stereocenters. The summed E-state index contributed by atoms with van der Waals surface area (Å²) in [7, 11) is 0. The summed E-state index contributed by atoms with van der Waals surface area (Å²) in [6.45, 7) is 3.16. The standard InChI is InChI=1S/C12H18N2O4/c1-10-4-2-5-11(12(10)14(16)17)13-6-3-8-18-9-7-15/h2,4-5,13,15H,3,6-9H2,1H3. The van der Waals surface area contributed by atoms with E-state index in [-0.39, 0.29) is 17.2 Å². The van der Waals surface area contributed by atoms with Gasteiger partial charge in [0.2, 0.25) is 0 Å². The van der Waals surface area contributed by atoms with E-state index in [1.165, 1.54) is 0 Å². The molecule has 1 aromatic rings. The number of rotatable bonds is 8. The van der Waals surface area contributed by atoms with Crippen molar-refractivity contribution in [3.63, 3.8) is 0 Å². The largest absolute Gasteiger partial charge is 0.394 e. The average molecular weight is 254 g/mol. The first-order chi connectivity index (χ1) is 8.66. The number of aryl methyl sites for hydroxylation is 1. The van der Waals surface area contributed by atoms with Gasteiger partial charge in [-0.05, 0) is 19.4 Å². The summed E-state index contributed by atoms with van der Waals surface area (Å²) in [6.07, 6.45) is 0.727. The van der Waals surface area contributed by atoms with Crippen LogP contribution in [0.4, 0.5) is 11.4 Å². The Bertz CT molecular complexity index is 396. The predicted octanol–water partition coefficient (Wildman–Crippen LogP) is 1.71. The van der Waals surface area contributed by atoms with Crippen LogP contribution in [0.15, 0.2) is 18.2 Å². The van der Waals surface area contributed by atoms with Gasteiger partial charge in [-0.3, -0.25) is 10.1 Å². The van der Waals surface area contributed by atoms with E-state index in [0.717, 1.165) is 6.42 Å². The molecule has 0 spiro atoms. The van der Waals surface area contributed by atoms with Crippen molar-refractivity contribution in [3.05, 3.63) is 33.9 Å². The number of nitrogens with zero attached hydrogens (tertiary/aromatic N) is 1. The first kappa shape index (κ1) is 14.4. The molecule has 0 radical (unpaired) electrons. The SMILES string of the molecule is Cc1cccc(NCCCOCCO)c1[N+](=O)[O-]. The molecule has 1 aromatic carbocycles. The highest BCUT2D eigenvalue weighted by Crippen LogP contribution is 2.27. The van der Waals surface area contributed by atoms with Crippen LogP contribution in [0, 0.1) is 17.0 Å². The lowest BCUT2D eigenvalue weighted by Gasteiger charge is -2.08. The lowest BCUT2D eigenvalue weighted by molar-refractivity contribution is -0.384. The number of nitro groups is 1. The topological polar surface area (TPSA) is 84.6 Å². The van der Waals surface area contributed by atoms with Crippen LogP contribution >= 0.6 is 0 Å². The molecule has 0 saturated heterocycles. The van der Waals surface area contributed by atoms with Crippen LogP contribution in [0.1, 0.15) is 12.0 Å². The second-order valence-electron chi connectivity index (χ2n) is 3.84. The minimum absolute atomic E-state index is 0.0107. The summed E-state index contributed by atoms with van der Waals surface area (Å²) < 4.78 is 5.10. The van der Waals surface area contributed by atoms with Gasteiger partial charge in [-0.25, -0.2) is 0 Å². The number of nitrogens with one attached hydrogen (secondary N) is 1. The Morgan fingerprint density at radius 3 is 2.89 bits per heavy atom. The molecule has 0 saturated carbocycles. The Balaban J connectivity index is 2.47. The molecular weight excluding hydrogens is 236 g/mol. The Kier molecular flexibility index (Phi) is 6.10.